The maximum absolute atomic E-state index is 13.1. The molecule has 0 saturated carbocycles. The Labute approximate surface area is 184 Å². The van der Waals surface area contributed by atoms with Gasteiger partial charge >= 0.3 is 6.18 Å². The molecule has 1 amide bonds. The molecule has 0 aliphatic carbocycles. The molecule has 1 heterocycles. The highest BCUT2D eigenvalue weighted by molar-refractivity contribution is 6.10. The smallest absolute Gasteiger partial charge is 0.321 e. The molecule has 1 N–H and O–H groups in total. The van der Waals surface area contributed by atoms with Crippen molar-refractivity contribution in [1.29, 1.82) is 5.26 Å². The third-order valence-electron chi connectivity index (χ3n) is 5.42. The van der Waals surface area contributed by atoms with Gasteiger partial charge in [-0.15, -0.1) is 0 Å². The Morgan fingerprint density at radius 1 is 1.06 bits per heavy atom. The van der Waals surface area contributed by atoms with E-state index in [4.69, 9.17) is 0 Å². The van der Waals surface area contributed by atoms with Crippen molar-refractivity contribution in [2.75, 3.05) is 5.32 Å². The number of carbonyl (C=O) groups is 1. The minimum absolute atomic E-state index is 0.102. The Hall–Kier alpha value is -3.79. The van der Waals surface area contributed by atoms with Gasteiger partial charge in [-0.2, -0.15) is 18.4 Å². The molecule has 4 nitrogen and oxygen atoms in total. The number of anilines is 1. The molecule has 2 aromatic carbocycles. The van der Waals surface area contributed by atoms with Crippen LogP contribution < -0.4 is 5.32 Å². The summed E-state index contributed by atoms with van der Waals surface area (Å²) in [5.41, 5.74) is 3.91. The molecule has 32 heavy (non-hydrogen) atoms. The number of nitriles is 1. The fourth-order valence-corrected chi connectivity index (χ4v) is 3.53. The lowest BCUT2D eigenvalue weighted by Gasteiger charge is -2.13. The van der Waals surface area contributed by atoms with Gasteiger partial charge in [0.2, 0.25) is 0 Å². The molecule has 0 unspecified atom stereocenters. The number of nitrogens with zero attached hydrogens (tertiary/aromatic N) is 2. The molecule has 0 aliphatic rings. The van der Waals surface area contributed by atoms with Crippen LogP contribution in [0.15, 0.2) is 54.1 Å². The highest BCUT2D eigenvalue weighted by atomic mass is 19.4. The van der Waals surface area contributed by atoms with Crippen molar-refractivity contribution in [3.8, 4) is 11.8 Å². The second-order valence-corrected chi connectivity index (χ2v) is 7.58. The molecule has 0 atom stereocenters. The highest BCUT2D eigenvalue weighted by Gasteiger charge is 2.30. The summed E-state index contributed by atoms with van der Waals surface area (Å²) in [7, 11) is 0. The number of nitrogens with one attached hydrogen (secondary N) is 1. The molecule has 1 aromatic heterocycles. The van der Waals surface area contributed by atoms with Crippen LogP contribution in [-0.2, 0) is 11.0 Å². The lowest BCUT2D eigenvalue weighted by atomic mass is 10.1. The van der Waals surface area contributed by atoms with Gasteiger partial charge in [-0.05, 0) is 80.8 Å². The largest absolute Gasteiger partial charge is 0.416 e. The Morgan fingerprint density at radius 3 is 2.41 bits per heavy atom. The van der Waals surface area contributed by atoms with Crippen molar-refractivity contribution in [2.24, 2.45) is 0 Å². The van der Waals surface area contributed by atoms with Crippen molar-refractivity contribution in [3.05, 3.63) is 87.7 Å². The zero-order valence-corrected chi connectivity index (χ0v) is 18.1. The van der Waals surface area contributed by atoms with Crippen LogP contribution in [0.3, 0.4) is 0 Å². The number of alkyl halides is 3. The maximum atomic E-state index is 13.1. The van der Waals surface area contributed by atoms with E-state index in [1.165, 1.54) is 12.1 Å². The zero-order chi connectivity index (χ0) is 23.6. The van der Waals surface area contributed by atoms with E-state index in [9.17, 15) is 23.2 Å². The van der Waals surface area contributed by atoms with Gasteiger partial charge < -0.3 is 9.88 Å². The molecule has 0 spiro atoms. The molecule has 0 aliphatic heterocycles. The van der Waals surface area contributed by atoms with E-state index < -0.39 is 17.6 Å². The van der Waals surface area contributed by atoms with E-state index in [1.807, 2.05) is 32.0 Å². The van der Waals surface area contributed by atoms with E-state index in [-0.39, 0.29) is 5.57 Å². The van der Waals surface area contributed by atoms with E-state index >= 15 is 0 Å². The molecular formula is C25H22F3N3O. The topological polar surface area (TPSA) is 57.8 Å². The van der Waals surface area contributed by atoms with Crippen LogP contribution >= 0.6 is 0 Å². The summed E-state index contributed by atoms with van der Waals surface area (Å²) in [5, 5.41) is 12.3. The normalized spacial score (nSPS) is 11.9. The lowest BCUT2D eigenvalue weighted by Crippen LogP contribution is -2.14. The van der Waals surface area contributed by atoms with Gasteiger partial charge in [0.1, 0.15) is 11.6 Å². The van der Waals surface area contributed by atoms with E-state index in [1.54, 1.807) is 36.6 Å². The number of hydrogen-bond acceptors (Lipinski definition) is 2. The summed E-state index contributed by atoms with van der Waals surface area (Å²) in [4.78, 5) is 12.7. The number of rotatable bonds is 4. The minimum atomic E-state index is -4.45. The molecule has 7 heteroatoms. The number of hydrogen-bond donors (Lipinski definition) is 1. The zero-order valence-electron chi connectivity index (χ0n) is 18.1. The van der Waals surface area contributed by atoms with Crippen molar-refractivity contribution in [3.63, 3.8) is 0 Å². The number of halogens is 3. The third kappa shape index (κ3) is 4.59. The first-order valence-electron chi connectivity index (χ1n) is 9.89. The molecule has 3 rings (SSSR count). The first-order chi connectivity index (χ1) is 15.0. The Morgan fingerprint density at radius 2 is 1.75 bits per heavy atom. The van der Waals surface area contributed by atoms with Gasteiger partial charge in [0.05, 0.1) is 5.56 Å². The summed E-state index contributed by atoms with van der Waals surface area (Å²) in [6, 6.07) is 14.2. The number of carbonyl (C=O) groups excluding carboxylic acids is 1. The second kappa shape index (κ2) is 8.75. The summed E-state index contributed by atoms with van der Waals surface area (Å²) in [6.07, 6.45) is -3.00. The predicted molar refractivity (Wildman–Crippen MR) is 118 cm³/mol. The van der Waals surface area contributed by atoms with Gasteiger partial charge in [0, 0.05) is 22.8 Å². The van der Waals surface area contributed by atoms with Crippen molar-refractivity contribution in [1.82, 2.24) is 4.57 Å². The molecule has 0 saturated heterocycles. The van der Waals surface area contributed by atoms with Crippen molar-refractivity contribution >= 4 is 17.7 Å². The Kier molecular flexibility index (Phi) is 6.26. The SMILES string of the molecule is Cc1cccc(NC(=O)/C(C#N)=C\c2cc(C)n(-c3cccc(C(F)(F)F)c3)c2C)c1C. The van der Waals surface area contributed by atoms with Gasteiger partial charge in [0.15, 0.2) is 0 Å². The Balaban J connectivity index is 1.97. The van der Waals surface area contributed by atoms with Gasteiger partial charge in [0.25, 0.3) is 5.91 Å². The Bertz CT molecular complexity index is 1260. The maximum Gasteiger partial charge on any atom is 0.416 e. The molecule has 0 radical (unpaired) electrons. The van der Waals surface area contributed by atoms with Crippen LogP contribution in [-0.4, -0.2) is 10.5 Å². The fourth-order valence-electron chi connectivity index (χ4n) is 3.53. The van der Waals surface area contributed by atoms with Gasteiger partial charge in [-0.3, -0.25) is 4.79 Å². The average molecular weight is 437 g/mol. The number of benzene rings is 2. The van der Waals surface area contributed by atoms with Gasteiger partial charge in [-0.1, -0.05) is 18.2 Å². The molecule has 0 fully saturated rings. The second-order valence-electron chi connectivity index (χ2n) is 7.58. The van der Waals surface area contributed by atoms with E-state index in [0.717, 1.165) is 23.3 Å². The summed E-state index contributed by atoms with van der Waals surface area (Å²) in [6.45, 7) is 7.29. The number of amides is 1. The summed E-state index contributed by atoms with van der Waals surface area (Å²) >= 11 is 0. The average Bonchev–Trinajstić information content (AvgIpc) is 3.01. The molecule has 164 valence electrons. The van der Waals surface area contributed by atoms with Crippen LogP contribution in [0, 0.1) is 39.0 Å². The quantitative estimate of drug-likeness (QED) is 0.386. The predicted octanol–water partition coefficient (Wildman–Crippen LogP) is 6.28. The van der Waals surface area contributed by atoms with Gasteiger partial charge in [-0.25, -0.2) is 0 Å². The standard InChI is InChI=1S/C25H22F3N3O/c1-15-7-5-10-23(17(15)3)30-24(32)20(14-29)12-19-11-16(2)31(18(19)4)22-9-6-8-21(13-22)25(26,27)28/h5-13H,1-4H3,(H,30,32)/b20-12-. The van der Waals surface area contributed by atoms with Crippen LogP contribution in [0.1, 0.15) is 33.6 Å². The van der Waals surface area contributed by atoms with Crippen molar-refractivity contribution in [2.45, 2.75) is 33.9 Å². The minimum Gasteiger partial charge on any atom is -0.321 e. The first-order valence-corrected chi connectivity index (χ1v) is 9.89. The molecule has 0 bridgehead atoms. The lowest BCUT2D eigenvalue weighted by molar-refractivity contribution is -0.137. The van der Waals surface area contributed by atoms with E-state index in [2.05, 4.69) is 5.32 Å². The number of aryl methyl sites for hydroxylation is 2. The fraction of sp³-hybridized carbons (Fsp3) is 0.200. The van der Waals surface area contributed by atoms with Crippen LogP contribution in [0.2, 0.25) is 0 Å². The van der Waals surface area contributed by atoms with Crippen LogP contribution in [0.4, 0.5) is 18.9 Å². The van der Waals surface area contributed by atoms with E-state index in [0.29, 0.717) is 28.3 Å². The summed E-state index contributed by atoms with van der Waals surface area (Å²) in [5.74, 6) is -0.551. The summed E-state index contributed by atoms with van der Waals surface area (Å²) < 4.78 is 41.1. The van der Waals surface area contributed by atoms with Crippen molar-refractivity contribution < 1.29 is 18.0 Å². The molecule has 3 aromatic rings. The first kappa shape index (κ1) is 22.9. The highest BCUT2D eigenvalue weighted by Crippen LogP contribution is 2.32. The third-order valence-corrected chi connectivity index (χ3v) is 5.42. The number of aromatic nitrogens is 1. The molecular weight excluding hydrogens is 415 g/mol. The monoisotopic (exact) mass is 437 g/mol. The van der Waals surface area contributed by atoms with Crippen LogP contribution in [0.5, 0.6) is 0 Å². The van der Waals surface area contributed by atoms with Crippen LogP contribution in [0.25, 0.3) is 11.8 Å².